The first-order chi connectivity index (χ1) is 6.82. The molecule has 0 atom stereocenters. The highest BCUT2D eigenvalue weighted by Crippen LogP contribution is 2.63. The maximum Gasteiger partial charge on any atom is 0.145 e. The van der Waals surface area contributed by atoms with Gasteiger partial charge in [-0.15, -0.1) is 0 Å². The second kappa shape index (κ2) is 3.53. The van der Waals surface area contributed by atoms with Crippen molar-refractivity contribution < 1.29 is 0 Å². The zero-order valence-corrected chi connectivity index (χ0v) is 10.3. The Kier molecular flexibility index (Phi) is 2.45. The summed E-state index contributed by atoms with van der Waals surface area (Å²) in [6.07, 6.45) is 4.13. The first-order valence-corrected chi connectivity index (χ1v) is 8.34. The van der Waals surface area contributed by atoms with Gasteiger partial charge in [-0.05, 0) is 24.6 Å². The lowest BCUT2D eigenvalue weighted by Crippen LogP contribution is -2.32. The molecule has 0 bridgehead atoms. The molecule has 0 saturated carbocycles. The summed E-state index contributed by atoms with van der Waals surface area (Å²) in [5.74, 6) is 0. The van der Waals surface area contributed by atoms with Crippen molar-refractivity contribution in [3.63, 3.8) is 0 Å². The van der Waals surface area contributed by atoms with Crippen LogP contribution in [-0.4, -0.2) is 53.3 Å². The lowest BCUT2D eigenvalue weighted by atomic mass is 10.2. The van der Waals surface area contributed by atoms with Crippen LogP contribution < -0.4 is 0 Å². The Hall–Kier alpha value is 0.530. The predicted octanol–water partition coefficient (Wildman–Crippen LogP) is 1.33. The van der Waals surface area contributed by atoms with E-state index in [1.54, 1.807) is 0 Å². The number of rotatable bonds is 3. The van der Waals surface area contributed by atoms with E-state index in [0.29, 0.717) is 0 Å². The molecule has 0 aliphatic carbocycles. The molecule has 3 aliphatic rings. The molecule has 80 valence electrons. The Balaban J connectivity index is 1.79. The van der Waals surface area contributed by atoms with Gasteiger partial charge in [-0.1, -0.05) is 6.42 Å². The van der Waals surface area contributed by atoms with Gasteiger partial charge in [-0.25, -0.2) is 9.34 Å². The normalized spacial score (nSPS) is 30.6. The van der Waals surface area contributed by atoms with Crippen molar-refractivity contribution in [2.24, 2.45) is 0 Å². The van der Waals surface area contributed by atoms with Crippen molar-refractivity contribution >= 4 is 18.3 Å². The topological polar surface area (TPSA) is 9.26 Å². The monoisotopic (exact) mass is 231 g/mol. The van der Waals surface area contributed by atoms with Gasteiger partial charge >= 0.3 is 0 Å². The van der Waals surface area contributed by atoms with Gasteiger partial charge in [0.05, 0.1) is 0 Å². The van der Waals surface area contributed by atoms with Gasteiger partial charge in [0.1, 0.15) is 6.49 Å². The molecule has 0 aromatic rings. The fourth-order valence-electron chi connectivity index (χ4n) is 2.28. The fraction of sp³-hybridized carbons (Fsp3) is 1.00. The molecule has 0 aromatic carbocycles. The van der Waals surface area contributed by atoms with E-state index in [1.165, 1.54) is 58.5 Å². The Labute approximate surface area is 91.2 Å². The molecule has 3 saturated heterocycles. The smallest absolute Gasteiger partial charge is 0.145 e. The third-order valence-electron chi connectivity index (χ3n) is 3.29. The molecule has 0 N–H and O–H groups in total. The molecule has 0 radical (unpaired) electrons. The average molecular weight is 231 g/mol. The first-order valence-electron chi connectivity index (χ1n) is 5.68. The summed E-state index contributed by atoms with van der Waals surface area (Å²) in [5.41, 5.74) is 0. The number of hydrogen-bond donors (Lipinski definition) is 0. The Bertz CT molecular complexity index is 253. The van der Waals surface area contributed by atoms with E-state index in [1.807, 2.05) is 0 Å². The molecule has 3 rings (SSSR count). The van der Waals surface area contributed by atoms with Crippen molar-refractivity contribution in [3.05, 3.63) is 0 Å². The van der Waals surface area contributed by atoms with E-state index >= 15 is 0 Å². The maximum atomic E-state index is 5.98. The Morgan fingerprint density at radius 3 is 1.50 bits per heavy atom. The van der Waals surface area contributed by atoms with Crippen LogP contribution in [0.15, 0.2) is 0 Å². The molecule has 0 amide bonds. The first kappa shape index (κ1) is 9.73. The molecule has 3 fully saturated rings. The third-order valence-corrected chi connectivity index (χ3v) is 8.77. The van der Waals surface area contributed by atoms with Crippen molar-refractivity contribution in [1.29, 1.82) is 0 Å². The van der Waals surface area contributed by atoms with Crippen molar-refractivity contribution in [3.8, 4) is 0 Å². The lowest BCUT2D eigenvalue weighted by molar-refractivity contribution is 0.349. The number of hydrogen-bond acceptors (Lipinski definition) is 1. The second-order valence-corrected chi connectivity index (χ2v) is 8.63. The summed E-state index contributed by atoms with van der Waals surface area (Å²) in [7, 11) is 0. The van der Waals surface area contributed by atoms with Crippen LogP contribution in [0.5, 0.6) is 0 Å². The van der Waals surface area contributed by atoms with Gasteiger partial charge in [0.15, 0.2) is 0 Å². The van der Waals surface area contributed by atoms with Crippen LogP contribution in [0, 0.1) is 0 Å². The molecule has 0 spiro atoms. The molecule has 3 nitrogen and oxygen atoms in total. The van der Waals surface area contributed by atoms with Crippen LogP contribution in [0.3, 0.4) is 0 Å². The van der Waals surface area contributed by atoms with E-state index in [2.05, 4.69) is 14.0 Å². The summed E-state index contributed by atoms with van der Waals surface area (Å²) in [4.78, 5) is 0. The Morgan fingerprint density at radius 2 is 1.07 bits per heavy atom. The number of nitrogens with zero attached hydrogens (tertiary/aromatic N) is 3. The maximum absolute atomic E-state index is 5.98. The highest BCUT2D eigenvalue weighted by molar-refractivity contribution is 8.11. The van der Waals surface area contributed by atoms with Gasteiger partial charge in [0.2, 0.25) is 0 Å². The van der Waals surface area contributed by atoms with Gasteiger partial charge < -0.3 is 0 Å². The molecule has 3 heterocycles. The van der Waals surface area contributed by atoms with Crippen molar-refractivity contribution in [2.75, 3.05) is 39.3 Å². The minimum Gasteiger partial charge on any atom is -0.252 e. The van der Waals surface area contributed by atoms with E-state index in [0.717, 1.165) is 0 Å². The SMILES string of the molecule is S=P(N1CCCCC1)(N1CC1)N1CC1. The van der Waals surface area contributed by atoms with Crippen LogP contribution in [0.1, 0.15) is 19.3 Å². The van der Waals surface area contributed by atoms with Gasteiger partial charge in [-0.3, -0.25) is 4.67 Å². The molecule has 0 unspecified atom stereocenters. The summed E-state index contributed by atoms with van der Waals surface area (Å²) in [5, 5.41) is 0. The predicted molar refractivity (Wildman–Crippen MR) is 62.9 cm³/mol. The van der Waals surface area contributed by atoms with Crippen LogP contribution >= 0.6 is 6.49 Å². The van der Waals surface area contributed by atoms with Crippen LogP contribution in [-0.2, 0) is 11.8 Å². The van der Waals surface area contributed by atoms with E-state index in [9.17, 15) is 0 Å². The third kappa shape index (κ3) is 1.57. The number of piperidine rings is 1. The van der Waals surface area contributed by atoms with Gasteiger partial charge in [0.25, 0.3) is 0 Å². The van der Waals surface area contributed by atoms with Crippen LogP contribution in [0.4, 0.5) is 0 Å². The summed E-state index contributed by atoms with van der Waals surface area (Å²) >= 11 is 5.98. The van der Waals surface area contributed by atoms with Crippen molar-refractivity contribution in [2.45, 2.75) is 19.3 Å². The molecular weight excluding hydrogens is 213 g/mol. The fourth-order valence-corrected chi connectivity index (χ4v) is 6.85. The minimum absolute atomic E-state index is 1.25. The quantitative estimate of drug-likeness (QED) is 0.535. The second-order valence-electron chi connectivity index (χ2n) is 4.43. The zero-order chi connectivity index (χ0) is 9.60. The van der Waals surface area contributed by atoms with E-state index in [4.69, 9.17) is 11.8 Å². The molecule has 5 heteroatoms. The summed E-state index contributed by atoms with van der Waals surface area (Å²) in [6.45, 7) is 6.14. The van der Waals surface area contributed by atoms with E-state index in [-0.39, 0.29) is 0 Å². The standard InChI is InChI=1S/C9H18N3PS/c14-13(11-6-7-11,12-8-9-12)10-4-2-1-3-5-10/h1-9H2. The molecule has 3 aliphatic heterocycles. The van der Waals surface area contributed by atoms with Crippen LogP contribution in [0.2, 0.25) is 0 Å². The highest BCUT2D eigenvalue weighted by Gasteiger charge is 2.47. The summed E-state index contributed by atoms with van der Waals surface area (Å²) < 4.78 is 7.72. The molecule has 14 heavy (non-hydrogen) atoms. The largest absolute Gasteiger partial charge is 0.252 e. The van der Waals surface area contributed by atoms with Gasteiger partial charge in [0, 0.05) is 39.3 Å². The lowest BCUT2D eigenvalue weighted by Gasteiger charge is -2.39. The zero-order valence-electron chi connectivity index (χ0n) is 8.56. The minimum atomic E-state index is -1.38. The molecular formula is C9H18N3PS. The summed E-state index contributed by atoms with van der Waals surface area (Å²) in [6, 6.07) is 0. The van der Waals surface area contributed by atoms with E-state index < -0.39 is 6.49 Å². The Morgan fingerprint density at radius 1 is 0.643 bits per heavy atom. The van der Waals surface area contributed by atoms with Gasteiger partial charge in [-0.2, -0.15) is 0 Å². The molecule has 0 aromatic heterocycles. The van der Waals surface area contributed by atoms with Crippen molar-refractivity contribution in [1.82, 2.24) is 14.0 Å². The average Bonchev–Trinajstić information content (AvgIpc) is 3.06. The highest BCUT2D eigenvalue weighted by atomic mass is 32.4. The van der Waals surface area contributed by atoms with Crippen LogP contribution in [0.25, 0.3) is 0 Å².